The van der Waals surface area contributed by atoms with Gasteiger partial charge in [-0.15, -0.1) is 0 Å². The summed E-state index contributed by atoms with van der Waals surface area (Å²) in [5.74, 6) is 2.42. The Kier molecular flexibility index (Phi) is 4.04. The first-order valence-electron chi connectivity index (χ1n) is 7.31. The molecule has 1 atom stereocenters. The summed E-state index contributed by atoms with van der Waals surface area (Å²) in [4.78, 5) is 0. The fraction of sp³-hybridized carbons (Fsp3) is 0.625. The maximum Gasteiger partial charge on any atom is 0.122 e. The first-order valence-corrected chi connectivity index (χ1v) is 7.31. The zero-order valence-electron chi connectivity index (χ0n) is 11.6. The topological polar surface area (TPSA) is 30.5 Å². The third-order valence-electron chi connectivity index (χ3n) is 4.44. The number of ether oxygens (including phenoxy) is 2. The van der Waals surface area contributed by atoms with Gasteiger partial charge < -0.3 is 14.8 Å². The first-order chi connectivity index (χ1) is 9.36. The Morgan fingerprint density at radius 1 is 1.32 bits per heavy atom. The molecule has 0 spiro atoms. The molecule has 19 heavy (non-hydrogen) atoms. The zero-order chi connectivity index (χ0) is 13.1. The molecule has 3 heteroatoms. The quantitative estimate of drug-likeness (QED) is 0.883. The predicted octanol–water partition coefficient (Wildman–Crippen LogP) is 2.57. The van der Waals surface area contributed by atoms with Gasteiger partial charge in [0.2, 0.25) is 0 Å². The average molecular weight is 261 g/mol. The van der Waals surface area contributed by atoms with Crippen LogP contribution < -0.4 is 10.1 Å². The fourth-order valence-corrected chi connectivity index (χ4v) is 3.12. The normalized spacial score (nSPS) is 30.1. The van der Waals surface area contributed by atoms with Gasteiger partial charge >= 0.3 is 0 Å². The summed E-state index contributed by atoms with van der Waals surface area (Å²) in [6.07, 6.45) is 3.68. The summed E-state index contributed by atoms with van der Waals surface area (Å²) in [6.45, 7) is 3.00. The molecular formula is C16H23NO2. The second-order valence-corrected chi connectivity index (χ2v) is 5.75. The number of para-hydroxylation sites is 1. The van der Waals surface area contributed by atoms with Crippen LogP contribution in [0.5, 0.6) is 5.75 Å². The van der Waals surface area contributed by atoms with E-state index in [2.05, 4.69) is 23.5 Å². The second kappa shape index (κ2) is 5.93. The van der Waals surface area contributed by atoms with E-state index < -0.39 is 0 Å². The van der Waals surface area contributed by atoms with Crippen molar-refractivity contribution in [2.24, 2.45) is 5.92 Å². The van der Waals surface area contributed by atoms with Crippen LogP contribution in [0.25, 0.3) is 0 Å². The van der Waals surface area contributed by atoms with E-state index in [-0.39, 0.29) is 0 Å². The number of hydrogen-bond donors (Lipinski definition) is 1. The lowest BCUT2D eigenvalue weighted by Gasteiger charge is -2.37. The molecule has 104 valence electrons. The van der Waals surface area contributed by atoms with Crippen molar-refractivity contribution in [3.05, 3.63) is 29.8 Å². The monoisotopic (exact) mass is 261 g/mol. The smallest absolute Gasteiger partial charge is 0.122 e. The summed E-state index contributed by atoms with van der Waals surface area (Å²) in [5.41, 5.74) is 1.37. The molecule has 1 unspecified atom stereocenters. The van der Waals surface area contributed by atoms with Crippen molar-refractivity contribution >= 4 is 0 Å². The van der Waals surface area contributed by atoms with Crippen LogP contribution in [0.4, 0.5) is 0 Å². The molecule has 1 N–H and O–H groups in total. The van der Waals surface area contributed by atoms with Crippen LogP contribution in [0.15, 0.2) is 24.3 Å². The van der Waals surface area contributed by atoms with E-state index in [4.69, 9.17) is 9.47 Å². The molecular weight excluding hydrogens is 238 g/mol. The van der Waals surface area contributed by atoms with Gasteiger partial charge in [0.15, 0.2) is 0 Å². The summed E-state index contributed by atoms with van der Waals surface area (Å²) in [7, 11) is 1.76. The molecule has 1 aliphatic heterocycles. The summed E-state index contributed by atoms with van der Waals surface area (Å²) >= 11 is 0. The van der Waals surface area contributed by atoms with E-state index >= 15 is 0 Å². The summed E-state index contributed by atoms with van der Waals surface area (Å²) < 4.78 is 10.8. The van der Waals surface area contributed by atoms with Gasteiger partial charge in [0.05, 0.1) is 13.7 Å². The van der Waals surface area contributed by atoms with Crippen molar-refractivity contribution in [1.82, 2.24) is 5.32 Å². The number of hydrogen-bond acceptors (Lipinski definition) is 3. The van der Waals surface area contributed by atoms with Gasteiger partial charge in [0.25, 0.3) is 0 Å². The van der Waals surface area contributed by atoms with Gasteiger partial charge in [-0.3, -0.25) is 0 Å². The fourth-order valence-electron chi connectivity index (χ4n) is 3.12. The minimum absolute atomic E-state index is 0.661. The minimum Gasteiger partial charge on any atom is -0.496 e. The Morgan fingerprint density at radius 3 is 2.89 bits per heavy atom. The van der Waals surface area contributed by atoms with Crippen LogP contribution >= 0.6 is 0 Å². The molecule has 0 aromatic heterocycles. The molecule has 1 saturated heterocycles. The molecule has 2 fully saturated rings. The third-order valence-corrected chi connectivity index (χ3v) is 4.44. The lowest BCUT2D eigenvalue weighted by atomic mass is 9.75. The second-order valence-electron chi connectivity index (χ2n) is 5.75. The molecule has 3 nitrogen and oxygen atoms in total. The molecule has 1 aromatic carbocycles. The Bertz CT molecular complexity index is 409. The largest absolute Gasteiger partial charge is 0.496 e. The number of methoxy groups -OCH3 is 1. The molecule has 2 aliphatic rings. The highest BCUT2D eigenvalue weighted by molar-refractivity contribution is 5.37. The SMILES string of the molecule is COc1ccccc1C1CC(NCC2CCOC2)C1. The standard InChI is InChI=1S/C16H23NO2/c1-18-16-5-3-2-4-15(16)13-8-14(9-13)17-10-12-6-7-19-11-12/h2-5,12-14,17H,6-11H2,1H3. The maximum atomic E-state index is 5.44. The van der Waals surface area contributed by atoms with Crippen molar-refractivity contribution in [2.75, 3.05) is 26.9 Å². The maximum absolute atomic E-state index is 5.44. The van der Waals surface area contributed by atoms with E-state index in [9.17, 15) is 0 Å². The highest BCUT2D eigenvalue weighted by atomic mass is 16.5. The lowest BCUT2D eigenvalue weighted by molar-refractivity contribution is 0.181. The zero-order valence-corrected chi connectivity index (χ0v) is 11.6. The molecule has 1 aromatic rings. The molecule has 0 radical (unpaired) electrons. The average Bonchev–Trinajstić information content (AvgIpc) is 2.90. The molecule has 1 saturated carbocycles. The highest BCUT2D eigenvalue weighted by Crippen LogP contribution is 2.40. The van der Waals surface area contributed by atoms with Crippen LogP contribution in [-0.4, -0.2) is 32.9 Å². The van der Waals surface area contributed by atoms with Crippen LogP contribution in [-0.2, 0) is 4.74 Å². The molecule has 1 aliphatic carbocycles. The van der Waals surface area contributed by atoms with E-state index in [0.29, 0.717) is 12.0 Å². The van der Waals surface area contributed by atoms with E-state index in [1.54, 1.807) is 7.11 Å². The van der Waals surface area contributed by atoms with Crippen molar-refractivity contribution in [3.63, 3.8) is 0 Å². The molecule has 0 amide bonds. The van der Waals surface area contributed by atoms with Crippen molar-refractivity contribution in [2.45, 2.75) is 31.2 Å². The minimum atomic E-state index is 0.661. The van der Waals surface area contributed by atoms with Crippen LogP contribution in [0.3, 0.4) is 0 Å². The molecule has 0 bridgehead atoms. The predicted molar refractivity (Wildman–Crippen MR) is 75.7 cm³/mol. The van der Waals surface area contributed by atoms with E-state index in [1.165, 1.54) is 24.8 Å². The van der Waals surface area contributed by atoms with Gasteiger partial charge in [-0.25, -0.2) is 0 Å². The van der Waals surface area contributed by atoms with Crippen LogP contribution in [0.2, 0.25) is 0 Å². The van der Waals surface area contributed by atoms with Crippen LogP contribution in [0.1, 0.15) is 30.7 Å². The van der Waals surface area contributed by atoms with Gasteiger partial charge in [-0.2, -0.15) is 0 Å². The van der Waals surface area contributed by atoms with Gasteiger partial charge in [-0.05, 0) is 42.7 Å². The summed E-state index contributed by atoms with van der Waals surface area (Å²) in [6, 6.07) is 9.08. The Labute approximate surface area is 115 Å². The van der Waals surface area contributed by atoms with Gasteiger partial charge in [0, 0.05) is 19.2 Å². The number of benzene rings is 1. The van der Waals surface area contributed by atoms with Crippen LogP contribution in [0, 0.1) is 5.92 Å². The summed E-state index contributed by atoms with van der Waals surface area (Å²) in [5, 5.41) is 3.68. The Hall–Kier alpha value is -1.06. The number of rotatable bonds is 5. The van der Waals surface area contributed by atoms with E-state index in [0.717, 1.165) is 31.4 Å². The van der Waals surface area contributed by atoms with Crippen molar-refractivity contribution in [1.29, 1.82) is 0 Å². The van der Waals surface area contributed by atoms with Crippen molar-refractivity contribution in [3.8, 4) is 5.75 Å². The number of nitrogens with one attached hydrogen (secondary N) is 1. The molecule has 3 rings (SSSR count). The Balaban J connectivity index is 1.46. The van der Waals surface area contributed by atoms with E-state index in [1.807, 2.05) is 6.07 Å². The van der Waals surface area contributed by atoms with Gasteiger partial charge in [-0.1, -0.05) is 18.2 Å². The van der Waals surface area contributed by atoms with Crippen molar-refractivity contribution < 1.29 is 9.47 Å². The Morgan fingerprint density at radius 2 is 2.16 bits per heavy atom. The van der Waals surface area contributed by atoms with Gasteiger partial charge in [0.1, 0.15) is 5.75 Å². The highest BCUT2D eigenvalue weighted by Gasteiger charge is 2.32. The first kappa shape index (κ1) is 12.9. The lowest BCUT2D eigenvalue weighted by Crippen LogP contribution is -2.42. The molecule has 1 heterocycles. The third kappa shape index (κ3) is 2.93.